The summed E-state index contributed by atoms with van der Waals surface area (Å²) in [6.07, 6.45) is 3.66. The van der Waals surface area contributed by atoms with Crippen LogP contribution in [0.25, 0.3) is 11.3 Å². The number of hydrogen-bond donors (Lipinski definition) is 0. The van der Waals surface area contributed by atoms with Crippen molar-refractivity contribution in [2.45, 2.75) is 38.6 Å². The van der Waals surface area contributed by atoms with Crippen LogP contribution in [0.1, 0.15) is 31.9 Å². The van der Waals surface area contributed by atoms with E-state index < -0.39 is 0 Å². The van der Waals surface area contributed by atoms with Crippen LogP contribution in [0.5, 0.6) is 5.75 Å². The summed E-state index contributed by atoms with van der Waals surface area (Å²) in [7, 11) is 1.63. The number of nitrogens with zero attached hydrogens (tertiary/aromatic N) is 2. The third-order valence-corrected chi connectivity index (χ3v) is 4.37. The molecule has 1 saturated heterocycles. The number of piperidine rings is 1. The van der Waals surface area contributed by atoms with Crippen molar-refractivity contribution in [3.05, 3.63) is 36.0 Å². The van der Waals surface area contributed by atoms with Gasteiger partial charge in [-0.1, -0.05) is 17.3 Å². The van der Waals surface area contributed by atoms with Crippen LogP contribution < -0.4 is 4.74 Å². The number of hydrogen-bond acceptors (Lipinski definition) is 4. The number of carbonyl (C=O) groups is 1. The average molecular weight is 314 g/mol. The number of benzene rings is 1. The number of methoxy groups -OCH3 is 1. The zero-order valence-corrected chi connectivity index (χ0v) is 13.6. The Kier molecular flexibility index (Phi) is 4.65. The Morgan fingerprint density at radius 3 is 3.04 bits per heavy atom. The quantitative estimate of drug-likeness (QED) is 0.869. The van der Waals surface area contributed by atoms with Gasteiger partial charge in [-0.25, -0.2) is 0 Å². The fourth-order valence-electron chi connectivity index (χ4n) is 3.03. The summed E-state index contributed by atoms with van der Waals surface area (Å²) in [5.74, 6) is 1.54. The van der Waals surface area contributed by atoms with Crippen molar-refractivity contribution in [3.63, 3.8) is 0 Å². The molecule has 0 radical (unpaired) electrons. The lowest BCUT2D eigenvalue weighted by Crippen LogP contribution is -2.42. The van der Waals surface area contributed by atoms with Crippen molar-refractivity contribution in [1.82, 2.24) is 10.1 Å². The molecule has 3 rings (SSSR count). The third kappa shape index (κ3) is 3.55. The van der Waals surface area contributed by atoms with Crippen LogP contribution in [-0.2, 0) is 11.2 Å². The van der Waals surface area contributed by atoms with Crippen molar-refractivity contribution >= 4 is 5.91 Å². The molecule has 5 heteroatoms. The zero-order valence-electron chi connectivity index (χ0n) is 13.6. The van der Waals surface area contributed by atoms with Crippen molar-refractivity contribution < 1.29 is 14.1 Å². The average Bonchev–Trinajstić information content (AvgIpc) is 3.03. The molecule has 0 N–H and O–H groups in total. The van der Waals surface area contributed by atoms with Gasteiger partial charge < -0.3 is 14.2 Å². The van der Waals surface area contributed by atoms with E-state index in [4.69, 9.17) is 9.26 Å². The Morgan fingerprint density at radius 2 is 2.26 bits per heavy atom. The van der Waals surface area contributed by atoms with E-state index in [9.17, 15) is 4.79 Å². The number of rotatable bonds is 4. The highest BCUT2D eigenvalue weighted by atomic mass is 16.5. The standard InChI is InChI=1S/C18H22N2O3/c1-13-6-3-4-9-20(13)18(21)12-15-11-17(23-19-15)14-7-5-8-16(10-14)22-2/h5,7-8,10-11,13H,3-4,6,9,12H2,1-2H3/t13-/m0/s1. The monoisotopic (exact) mass is 314 g/mol. The Bertz CT molecular complexity index is 680. The molecular weight excluding hydrogens is 292 g/mol. The van der Waals surface area contributed by atoms with Crippen LogP contribution in [0.3, 0.4) is 0 Å². The van der Waals surface area contributed by atoms with E-state index in [0.29, 0.717) is 17.5 Å². The minimum absolute atomic E-state index is 0.127. The van der Waals surface area contributed by atoms with E-state index in [0.717, 1.165) is 30.7 Å². The fraction of sp³-hybridized carbons (Fsp3) is 0.444. The number of aromatic nitrogens is 1. The molecule has 1 aromatic heterocycles. The molecule has 5 nitrogen and oxygen atoms in total. The summed E-state index contributed by atoms with van der Waals surface area (Å²) >= 11 is 0. The van der Waals surface area contributed by atoms with Gasteiger partial charge in [0.05, 0.1) is 19.2 Å². The fourth-order valence-corrected chi connectivity index (χ4v) is 3.03. The first kappa shape index (κ1) is 15.6. The molecule has 1 aliphatic heterocycles. The number of carbonyl (C=O) groups excluding carboxylic acids is 1. The van der Waals surface area contributed by atoms with E-state index in [-0.39, 0.29) is 12.3 Å². The van der Waals surface area contributed by atoms with Gasteiger partial charge in [-0.05, 0) is 38.3 Å². The summed E-state index contributed by atoms with van der Waals surface area (Å²) in [6.45, 7) is 2.96. The minimum Gasteiger partial charge on any atom is -0.497 e. The van der Waals surface area contributed by atoms with Crippen LogP contribution in [0.2, 0.25) is 0 Å². The highest BCUT2D eigenvalue weighted by Gasteiger charge is 2.24. The smallest absolute Gasteiger partial charge is 0.228 e. The maximum absolute atomic E-state index is 12.4. The molecule has 0 saturated carbocycles. The van der Waals surface area contributed by atoms with Gasteiger partial charge in [0.25, 0.3) is 0 Å². The molecule has 1 fully saturated rings. The molecule has 1 atom stereocenters. The summed E-state index contributed by atoms with van der Waals surface area (Å²) in [6, 6.07) is 9.75. The van der Waals surface area contributed by atoms with Crippen LogP contribution in [0.15, 0.2) is 34.9 Å². The SMILES string of the molecule is COc1cccc(-c2cc(CC(=O)N3CCCC[C@@H]3C)no2)c1. The molecular formula is C18H22N2O3. The second-order valence-corrected chi connectivity index (χ2v) is 6.02. The van der Waals surface area contributed by atoms with Gasteiger partial charge in [0.15, 0.2) is 5.76 Å². The third-order valence-electron chi connectivity index (χ3n) is 4.37. The Balaban J connectivity index is 1.70. The van der Waals surface area contributed by atoms with Crippen LogP contribution in [0, 0.1) is 0 Å². The lowest BCUT2D eigenvalue weighted by molar-refractivity contribution is -0.133. The number of likely N-dealkylation sites (tertiary alicyclic amines) is 1. The Hall–Kier alpha value is -2.30. The summed E-state index contributed by atoms with van der Waals surface area (Å²) < 4.78 is 10.6. The van der Waals surface area contributed by atoms with E-state index in [1.165, 1.54) is 6.42 Å². The molecule has 0 bridgehead atoms. The maximum atomic E-state index is 12.4. The second-order valence-electron chi connectivity index (χ2n) is 6.02. The first-order valence-corrected chi connectivity index (χ1v) is 8.07. The van der Waals surface area contributed by atoms with E-state index in [2.05, 4.69) is 12.1 Å². The van der Waals surface area contributed by atoms with E-state index >= 15 is 0 Å². The van der Waals surface area contributed by atoms with Crippen molar-refractivity contribution in [2.24, 2.45) is 0 Å². The largest absolute Gasteiger partial charge is 0.497 e. The van der Waals surface area contributed by atoms with E-state index in [1.54, 1.807) is 7.11 Å². The van der Waals surface area contributed by atoms with Crippen molar-refractivity contribution in [3.8, 4) is 17.1 Å². The summed E-state index contributed by atoms with van der Waals surface area (Å²) in [4.78, 5) is 14.4. The van der Waals surface area contributed by atoms with E-state index in [1.807, 2.05) is 35.2 Å². The van der Waals surface area contributed by atoms with Gasteiger partial charge in [-0.3, -0.25) is 4.79 Å². The van der Waals surface area contributed by atoms with Crippen molar-refractivity contribution in [2.75, 3.05) is 13.7 Å². The Morgan fingerprint density at radius 1 is 1.39 bits per heavy atom. The highest BCUT2D eigenvalue weighted by Crippen LogP contribution is 2.25. The van der Waals surface area contributed by atoms with Crippen LogP contribution in [-0.4, -0.2) is 35.7 Å². The molecule has 1 amide bonds. The van der Waals surface area contributed by atoms with Gasteiger partial charge in [-0.2, -0.15) is 0 Å². The van der Waals surface area contributed by atoms with Crippen LogP contribution >= 0.6 is 0 Å². The molecule has 2 aromatic rings. The molecule has 122 valence electrons. The molecule has 23 heavy (non-hydrogen) atoms. The molecule has 0 aliphatic carbocycles. The van der Waals surface area contributed by atoms with Crippen LogP contribution in [0.4, 0.5) is 0 Å². The van der Waals surface area contributed by atoms with Gasteiger partial charge in [-0.15, -0.1) is 0 Å². The molecule has 1 aromatic carbocycles. The Labute approximate surface area is 136 Å². The number of ether oxygens (including phenoxy) is 1. The summed E-state index contributed by atoms with van der Waals surface area (Å²) in [5.41, 5.74) is 1.56. The predicted octanol–water partition coefficient (Wildman–Crippen LogP) is 3.29. The zero-order chi connectivity index (χ0) is 16.2. The van der Waals surface area contributed by atoms with Gasteiger partial charge in [0, 0.05) is 24.2 Å². The van der Waals surface area contributed by atoms with Gasteiger partial charge >= 0.3 is 0 Å². The first-order valence-electron chi connectivity index (χ1n) is 8.07. The molecule has 0 spiro atoms. The molecule has 0 unspecified atom stereocenters. The molecule has 1 aliphatic rings. The lowest BCUT2D eigenvalue weighted by atomic mass is 10.0. The van der Waals surface area contributed by atoms with Gasteiger partial charge in [0.2, 0.25) is 5.91 Å². The predicted molar refractivity (Wildman–Crippen MR) is 87.2 cm³/mol. The second kappa shape index (κ2) is 6.86. The normalized spacial score (nSPS) is 18.0. The first-order chi connectivity index (χ1) is 11.2. The van der Waals surface area contributed by atoms with Gasteiger partial charge in [0.1, 0.15) is 5.75 Å². The number of amides is 1. The van der Waals surface area contributed by atoms with Crippen molar-refractivity contribution in [1.29, 1.82) is 0 Å². The minimum atomic E-state index is 0.127. The topological polar surface area (TPSA) is 55.6 Å². The highest BCUT2D eigenvalue weighted by molar-refractivity contribution is 5.79. The lowest BCUT2D eigenvalue weighted by Gasteiger charge is -2.33. The molecule has 2 heterocycles. The summed E-state index contributed by atoms with van der Waals surface area (Å²) in [5, 5.41) is 4.04. The maximum Gasteiger partial charge on any atom is 0.228 e.